The minimum absolute atomic E-state index is 0.371. The summed E-state index contributed by atoms with van der Waals surface area (Å²) >= 11 is 0. The van der Waals surface area contributed by atoms with Crippen molar-refractivity contribution in [2.45, 2.75) is 0 Å². The molecule has 18 heavy (non-hydrogen) atoms. The Kier molecular flexibility index (Phi) is 2.69. The minimum atomic E-state index is 0.371. The third-order valence-electron chi connectivity index (χ3n) is 3.15. The molecular weight excluding hydrogens is 222 g/mol. The number of anilines is 2. The van der Waals surface area contributed by atoms with Gasteiger partial charge in [0.05, 0.1) is 6.54 Å². The summed E-state index contributed by atoms with van der Waals surface area (Å²) in [7, 11) is 0. The Balaban J connectivity index is 2.23. The van der Waals surface area contributed by atoms with Crippen LogP contribution >= 0.6 is 0 Å². The summed E-state index contributed by atoms with van der Waals surface area (Å²) in [6.07, 6.45) is 5.14. The Morgan fingerprint density at radius 1 is 0.833 bits per heavy atom. The van der Waals surface area contributed by atoms with Crippen molar-refractivity contribution in [1.82, 2.24) is 0 Å². The lowest BCUT2D eigenvalue weighted by Gasteiger charge is -2.24. The van der Waals surface area contributed by atoms with E-state index >= 15 is 0 Å². The van der Waals surface area contributed by atoms with Crippen LogP contribution in [0.5, 0.6) is 0 Å². The van der Waals surface area contributed by atoms with Gasteiger partial charge in [0.15, 0.2) is 0 Å². The second-order valence-electron chi connectivity index (χ2n) is 4.23. The largest absolute Gasteiger partial charge is 0.333 e. The number of fused-ring (bicyclic) bond motifs is 2. The van der Waals surface area contributed by atoms with Crippen molar-refractivity contribution in [2.24, 2.45) is 0 Å². The first-order chi connectivity index (χ1) is 8.90. The third-order valence-corrected chi connectivity index (χ3v) is 3.15. The molecular formula is C16H13NO. The van der Waals surface area contributed by atoms with E-state index in [1.165, 1.54) is 0 Å². The van der Waals surface area contributed by atoms with Gasteiger partial charge in [-0.1, -0.05) is 48.6 Å². The quantitative estimate of drug-likeness (QED) is 0.742. The maximum absolute atomic E-state index is 10.9. The van der Waals surface area contributed by atoms with E-state index in [0.29, 0.717) is 6.54 Å². The molecule has 0 spiro atoms. The third kappa shape index (κ3) is 1.72. The molecule has 0 saturated heterocycles. The first kappa shape index (κ1) is 10.8. The SMILES string of the molecule is O=CCN1c2ccccc2C=Cc2ccccc21. The van der Waals surface area contributed by atoms with E-state index in [0.717, 1.165) is 28.8 Å². The highest BCUT2D eigenvalue weighted by molar-refractivity contribution is 5.90. The van der Waals surface area contributed by atoms with Gasteiger partial charge in [0.2, 0.25) is 0 Å². The molecule has 2 heteroatoms. The fourth-order valence-corrected chi connectivity index (χ4v) is 2.33. The Morgan fingerprint density at radius 2 is 1.33 bits per heavy atom. The topological polar surface area (TPSA) is 20.3 Å². The number of benzene rings is 2. The molecule has 0 saturated carbocycles. The maximum atomic E-state index is 10.9. The lowest BCUT2D eigenvalue weighted by Crippen LogP contribution is -2.20. The zero-order chi connectivity index (χ0) is 12.4. The molecule has 0 fully saturated rings. The number of para-hydroxylation sites is 2. The normalized spacial score (nSPS) is 12.6. The molecule has 1 heterocycles. The molecule has 1 aliphatic rings. The van der Waals surface area contributed by atoms with Gasteiger partial charge in [-0.15, -0.1) is 0 Å². The predicted octanol–water partition coefficient (Wildman–Crippen LogP) is 3.51. The molecule has 88 valence electrons. The van der Waals surface area contributed by atoms with Crippen LogP contribution < -0.4 is 4.90 Å². The lowest BCUT2D eigenvalue weighted by atomic mass is 10.1. The van der Waals surface area contributed by atoms with Gasteiger partial charge in [-0.3, -0.25) is 0 Å². The molecule has 1 aliphatic heterocycles. The second kappa shape index (κ2) is 4.49. The number of rotatable bonds is 2. The van der Waals surface area contributed by atoms with Gasteiger partial charge in [-0.25, -0.2) is 0 Å². The Morgan fingerprint density at radius 3 is 1.83 bits per heavy atom. The van der Waals surface area contributed by atoms with Crippen LogP contribution in [-0.2, 0) is 4.79 Å². The molecule has 0 radical (unpaired) electrons. The average molecular weight is 235 g/mol. The van der Waals surface area contributed by atoms with E-state index in [1.807, 2.05) is 36.4 Å². The highest BCUT2D eigenvalue weighted by Crippen LogP contribution is 2.35. The smallest absolute Gasteiger partial charge is 0.139 e. The van der Waals surface area contributed by atoms with Crippen molar-refractivity contribution < 1.29 is 4.79 Å². The van der Waals surface area contributed by atoms with Crippen LogP contribution in [0.2, 0.25) is 0 Å². The number of carbonyl (C=O) groups is 1. The molecule has 0 amide bonds. The van der Waals surface area contributed by atoms with Gasteiger partial charge in [-0.05, 0) is 23.3 Å². The van der Waals surface area contributed by atoms with Crippen molar-refractivity contribution in [3.8, 4) is 0 Å². The number of hydrogen-bond donors (Lipinski definition) is 0. The Bertz CT molecular complexity index is 566. The number of carbonyl (C=O) groups excluding carboxylic acids is 1. The van der Waals surface area contributed by atoms with E-state index in [4.69, 9.17) is 0 Å². The van der Waals surface area contributed by atoms with Crippen LogP contribution in [-0.4, -0.2) is 12.8 Å². The van der Waals surface area contributed by atoms with Gasteiger partial charge in [0.1, 0.15) is 6.29 Å². The maximum Gasteiger partial charge on any atom is 0.139 e. The van der Waals surface area contributed by atoms with E-state index in [1.54, 1.807) is 0 Å². The molecule has 3 rings (SSSR count). The average Bonchev–Trinajstić information content (AvgIpc) is 2.58. The minimum Gasteiger partial charge on any atom is -0.333 e. The number of hydrogen-bond acceptors (Lipinski definition) is 2. The summed E-state index contributed by atoms with van der Waals surface area (Å²) in [6.45, 7) is 0.371. The van der Waals surface area contributed by atoms with Gasteiger partial charge in [0.25, 0.3) is 0 Å². The standard InChI is InChI=1S/C16H13NO/c18-12-11-17-15-7-3-1-5-13(15)9-10-14-6-2-4-8-16(14)17/h1-10,12H,11H2. The van der Waals surface area contributed by atoms with Crippen LogP contribution in [0.1, 0.15) is 11.1 Å². The van der Waals surface area contributed by atoms with Crippen molar-refractivity contribution in [3.05, 3.63) is 59.7 Å². The highest BCUT2D eigenvalue weighted by atomic mass is 16.1. The number of nitrogens with zero attached hydrogens (tertiary/aromatic N) is 1. The first-order valence-electron chi connectivity index (χ1n) is 5.97. The fourth-order valence-electron chi connectivity index (χ4n) is 2.33. The summed E-state index contributed by atoms with van der Waals surface area (Å²) in [5.41, 5.74) is 4.42. The molecule has 0 unspecified atom stereocenters. The van der Waals surface area contributed by atoms with Crippen molar-refractivity contribution >= 4 is 29.8 Å². The fraction of sp³-hybridized carbons (Fsp3) is 0.0625. The Hall–Kier alpha value is -2.35. The second-order valence-corrected chi connectivity index (χ2v) is 4.23. The summed E-state index contributed by atoms with van der Waals surface area (Å²) in [4.78, 5) is 13.0. The number of aldehydes is 1. The van der Waals surface area contributed by atoms with Crippen molar-refractivity contribution in [2.75, 3.05) is 11.4 Å². The zero-order valence-corrected chi connectivity index (χ0v) is 9.91. The molecule has 0 bridgehead atoms. The summed E-state index contributed by atoms with van der Waals surface area (Å²) in [5.74, 6) is 0. The van der Waals surface area contributed by atoms with Gasteiger partial charge < -0.3 is 9.69 Å². The van der Waals surface area contributed by atoms with Crippen LogP contribution in [0, 0.1) is 0 Å². The van der Waals surface area contributed by atoms with E-state index in [2.05, 4.69) is 29.2 Å². The van der Waals surface area contributed by atoms with Crippen LogP contribution in [0.15, 0.2) is 48.5 Å². The van der Waals surface area contributed by atoms with Crippen LogP contribution in [0.3, 0.4) is 0 Å². The molecule has 2 nitrogen and oxygen atoms in total. The van der Waals surface area contributed by atoms with Crippen LogP contribution in [0.25, 0.3) is 12.2 Å². The lowest BCUT2D eigenvalue weighted by molar-refractivity contribution is -0.106. The Labute approximate surface area is 106 Å². The summed E-state index contributed by atoms with van der Waals surface area (Å²) in [6, 6.07) is 16.2. The molecule has 0 aromatic heterocycles. The van der Waals surface area contributed by atoms with E-state index in [9.17, 15) is 4.79 Å². The molecule has 0 atom stereocenters. The predicted molar refractivity (Wildman–Crippen MR) is 74.9 cm³/mol. The molecule has 0 aliphatic carbocycles. The van der Waals surface area contributed by atoms with Gasteiger partial charge in [0, 0.05) is 11.4 Å². The highest BCUT2D eigenvalue weighted by Gasteiger charge is 2.16. The molecule has 2 aromatic rings. The van der Waals surface area contributed by atoms with Gasteiger partial charge in [-0.2, -0.15) is 0 Å². The van der Waals surface area contributed by atoms with Crippen molar-refractivity contribution in [1.29, 1.82) is 0 Å². The monoisotopic (exact) mass is 235 g/mol. The van der Waals surface area contributed by atoms with E-state index in [-0.39, 0.29) is 0 Å². The van der Waals surface area contributed by atoms with Gasteiger partial charge >= 0.3 is 0 Å². The summed E-state index contributed by atoms with van der Waals surface area (Å²) < 4.78 is 0. The molecule has 0 N–H and O–H groups in total. The molecule has 2 aromatic carbocycles. The first-order valence-corrected chi connectivity index (χ1v) is 5.97. The van der Waals surface area contributed by atoms with Crippen molar-refractivity contribution in [3.63, 3.8) is 0 Å². The zero-order valence-electron chi connectivity index (χ0n) is 9.91. The summed E-state index contributed by atoms with van der Waals surface area (Å²) in [5, 5.41) is 0. The van der Waals surface area contributed by atoms with E-state index < -0.39 is 0 Å². The van der Waals surface area contributed by atoms with Crippen LogP contribution in [0.4, 0.5) is 11.4 Å².